The van der Waals surface area contributed by atoms with Crippen LogP contribution < -0.4 is 24.8 Å². The van der Waals surface area contributed by atoms with Gasteiger partial charge < -0.3 is 24.8 Å². The average molecular weight is 542 g/mol. The molecule has 3 aromatic rings. The van der Waals surface area contributed by atoms with Crippen LogP contribution in [0.3, 0.4) is 0 Å². The van der Waals surface area contributed by atoms with Gasteiger partial charge in [0.1, 0.15) is 0 Å². The Labute approximate surface area is 221 Å². The summed E-state index contributed by atoms with van der Waals surface area (Å²) in [6.07, 6.45) is 12.4. The molecule has 0 aliphatic heterocycles. The molecule has 0 aromatic heterocycles. The van der Waals surface area contributed by atoms with E-state index in [0.29, 0.717) is 5.92 Å². The van der Waals surface area contributed by atoms with E-state index in [1.54, 1.807) is 22.3 Å². The first kappa shape index (κ1) is 28.6. The van der Waals surface area contributed by atoms with E-state index in [1.807, 2.05) is 0 Å². The molecule has 3 aromatic carbocycles. The van der Waals surface area contributed by atoms with Gasteiger partial charge in [-0.05, 0) is 5.92 Å². The predicted octanol–water partition coefficient (Wildman–Crippen LogP) is 1.11. The molecule has 0 radical (unpaired) electrons. The molecule has 4 rings (SSSR count). The standard InChI is InChI=1S/C16H21.C13H10.2ClH.Zr/c1-4-12-11-16(13-9-7-8-10-13)15(6-3)14(12)5-2;1-3-7-12(8-4-1)11-13-9-5-2-6-10-13;;;/h7-11,13H,4-6H2,1-3H3;1-10H;2*1H;/q-1;;;;+2/p-2. The van der Waals surface area contributed by atoms with Crippen LogP contribution >= 0.6 is 0 Å². The number of benzene rings is 2. The first-order chi connectivity index (χ1) is 14.7. The van der Waals surface area contributed by atoms with Crippen molar-refractivity contribution >= 4 is 3.21 Å². The molecule has 32 heavy (non-hydrogen) atoms. The van der Waals surface area contributed by atoms with Crippen LogP contribution in [0.15, 0.2) is 91.0 Å². The Balaban J connectivity index is 0.000000303. The molecule has 0 unspecified atom stereocenters. The molecule has 0 bridgehead atoms. The summed E-state index contributed by atoms with van der Waals surface area (Å²) in [7, 11) is 0. The average Bonchev–Trinajstić information content (AvgIpc) is 3.47. The van der Waals surface area contributed by atoms with Crippen molar-refractivity contribution in [3.8, 4) is 0 Å². The van der Waals surface area contributed by atoms with Crippen molar-refractivity contribution < 1.29 is 49.0 Å². The fraction of sp³-hybridized carbons (Fsp3) is 0.241. The van der Waals surface area contributed by atoms with Crippen LogP contribution in [-0.2, 0) is 43.5 Å². The maximum absolute atomic E-state index is 2.43. The number of aryl methyl sites for hydroxylation is 1. The first-order valence-electron chi connectivity index (χ1n) is 11.0. The summed E-state index contributed by atoms with van der Waals surface area (Å²) in [5.41, 5.74) is 8.97. The normalized spacial score (nSPS) is 11.9. The first-order valence-corrected chi connectivity index (χ1v) is 12.3. The van der Waals surface area contributed by atoms with Gasteiger partial charge in [0, 0.05) is 0 Å². The Morgan fingerprint density at radius 1 is 0.781 bits per heavy atom. The van der Waals surface area contributed by atoms with Crippen molar-refractivity contribution in [2.75, 3.05) is 0 Å². The van der Waals surface area contributed by atoms with Crippen LogP contribution in [0.2, 0.25) is 0 Å². The summed E-state index contributed by atoms with van der Waals surface area (Å²) in [6, 6.07) is 23.5. The van der Waals surface area contributed by atoms with Gasteiger partial charge in [0.05, 0.1) is 0 Å². The molecular formula is C29H31Cl2Zr-. The van der Waals surface area contributed by atoms with E-state index in [1.165, 1.54) is 45.0 Å². The summed E-state index contributed by atoms with van der Waals surface area (Å²) in [6.45, 7) is 6.82. The number of hydrogen-bond donors (Lipinski definition) is 0. The van der Waals surface area contributed by atoms with Gasteiger partial charge in [0.2, 0.25) is 0 Å². The van der Waals surface area contributed by atoms with E-state index in [4.69, 9.17) is 0 Å². The van der Waals surface area contributed by atoms with Crippen molar-refractivity contribution in [2.45, 2.75) is 46.0 Å². The molecule has 0 heterocycles. The van der Waals surface area contributed by atoms with Crippen molar-refractivity contribution in [1.82, 2.24) is 0 Å². The van der Waals surface area contributed by atoms with E-state index < -0.39 is 0 Å². The van der Waals surface area contributed by atoms with Crippen molar-refractivity contribution in [3.63, 3.8) is 0 Å². The van der Waals surface area contributed by atoms with E-state index in [0.717, 1.165) is 12.8 Å². The summed E-state index contributed by atoms with van der Waals surface area (Å²) in [5.74, 6) is 0.528. The second-order valence-electron chi connectivity index (χ2n) is 7.55. The summed E-state index contributed by atoms with van der Waals surface area (Å²) in [4.78, 5) is 0. The molecule has 1 aliphatic rings. The minimum absolute atomic E-state index is 0. The van der Waals surface area contributed by atoms with Crippen molar-refractivity contribution in [3.05, 3.63) is 124 Å². The Bertz CT molecular complexity index is 961. The SMILES string of the molecule is CCc1c(C2C=CC=C2)c[c-](CC)c1CC.[Cl-].[Cl-].[Zr+2]=[C](c1ccccc1)c1ccccc1. The molecule has 3 heteroatoms. The van der Waals surface area contributed by atoms with Crippen LogP contribution in [0.25, 0.3) is 0 Å². The number of rotatable bonds is 6. The van der Waals surface area contributed by atoms with Gasteiger partial charge in [0.25, 0.3) is 0 Å². The van der Waals surface area contributed by atoms with Crippen LogP contribution in [-0.4, -0.2) is 3.21 Å². The fourth-order valence-electron chi connectivity index (χ4n) is 4.22. The predicted molar refractivity (Wildman–Crippen MR) is 127 cm³/mol. The topological polar surface area (TPSA) is 0 Å². The third kappa shape index (κ3) is 7.05. The minimum atomic E-state index is 0. The molecule has 0 fully saturated rings. The van der Waals surface area contributed by atoms with Crippen molar-refractivity contribution in [2.24, 2.45) is 0 Å². The zero-order chi connectivity index (χ0) is 21.3. The molecule has 0 saturated carbocycles. The molecule has 1 aliphatic carbocycles. The van der Waals surface area contributed by atoms with Crippen LogP contribution in [0.4, 0.5) is 0 Å². The molecular weight excluding hydrogens is 510 g/mol. The Kier molecular flexibility index (Phi) is 13.1. The molecule has 0 atom stereocenters. The number of halogens is 2. The molecule has 0 N–H and O–H groups in total. The second kappa shape index (κ2) is 14.7. The summed E-state index contributed by atoms with van der Waals surface area (Å²) < 4.78 is 1.42. The van der Waals surface area contributed by atoms with Crippen LogP contribution in [0, 0.1) is 0 Å². The van der Waals surface area contributed by atoms with Gasteiger partial charge in [-0.3, -0.25) is 0 Å². The van der Waals surface area contributed by atoms with Crippen molar-refractivity contribution in [1.29, 1.82) is 0 Å². The zero-order valence-corrected chi connectivity index (χ0v) is 23.1. The molecule has 0 saturated heterocycles. The molecule has 166 valence electrons. The van der Waals surface area contributed by atoms with E-state index in [2.05, 4.69) is 112 Å². The van der Waals surface area contributed by atoms with E-state index >= 15 is 0 Å². The third-order valence-corrected chi connectivity index (χ3v) is 7.17. The molecule has 0 spiro atoms. The van der Waals surface area contributed by atoms with Gasteiger partial charge in [-0.25, -0.2) is 0 Å². The molecule has 0 amide bonds. The quantitative estimate of drug-likeness (QED) is 0.411. The summed E-state index contributed by atoms with van der Waals surface area (Å²) >= 11 is 1.46. The van der Waals surface area contributed by atoms with Crippen LogP contribution in [0.1, 0.15) is 60.1 Å². The zero-order valence-electron chi connectivity index (χ0n) is 19.1. The summed E-state index contributed by atoms with van der Waals surface area (Å²) in [5, 5.41) is 0. The van der Waals surface area contributed by atoms with Gasteiger partial charge in [-0.15, -0.1) is 0 Å². The molecule has 0 nitrogen and oxygen atoms in total. The third-order valence-electron chi connectivity index (χ3n) is 5.75. The van der Waals surface area contributed by atoms with Gasteiger partial charge in [-0.1, -0.05) is 64.3 Å². The maximum atomic E-state index is 2.43. The Hall–Kier alpha value is -1.40. The van der Waals surface area contributed by atoms with E-state index in [-0.39, 0.29) is 24.8 Å². The number of hydrogen-bond acceptors (Lipinski definition) is 0. The second-order valence-corrected chi connectivity index (χ2v) is 8.77. The van der Waals surface area contributed by atoms with Gasteiger partial charge >= 0.3 is 99.2 Å². The number of allylic oxidation sites excluding steroid dienone is 4. The monoisotopic (exact) mass is 539 g/mol. The fourth-order valence-corrected chi connectivity index (χ4v) is 5.04. The van der Waals surface area contributed by atoms with Gasteiger partial charge in [0.15, 0.2) is 0 Å². The van der Waals surface area contributed by atoms with Crippen LogP contribution in [0.5, 0.6) is 0 Å². The Morgan fingerprint density at radius 2 is 1.28 bits per heavy atom. The van der Waals surface area contributed by atoms with E-state index in [9.17, 15) is 0 Å². The Morgan fingerprint density at radius 3 is 1.69 bits per heavy atom. The van der Waals surface area contributed by atoms with Gasteiger partial charge in [-0.2, -0.15) is 28.3 Å².